The molecule has 0 aromatic carbocycles. The number of hydrogen-bond donors (Lipinski definition) is 1. The maximum Gasteiger partial charge on any atom is 0.268 e. The van der Waals surface area contributed by atoms with E-state index < -0.39 is 0 Å². The Kier molecular flexibility index (Phi) is 5.09. The summed E-state index contributed by atoms with van der Waals surface area (Å²) in [5.41, 5.74) is 4.94. The Morgan fingerprint density at radius 3 is 2.67 bits per heavy atom. The molecule has 0 unspecified atom stereocenters. The predicted molar refractivity (Wildman–Crippen MR) is 123 cm³/mol. The lowest BCUT2D eigenvalue weighted by molar-refractivity contribution is 0.387. The molecule has 5 heterocycles. The number of anilines is 2. The van der Waals surface area contributed by atoms with Crippen molar-refractivity contribution in [1.29, 1.82) is 0 Å². The molecule has 0 saturated carbocycles. The lowest BCUT2D eigenvalue weighted by atomic mass is 10.2. The molecule has 0 aliphatic carbocycles. The lowest BCUT2D eigenvalue weighted by Crippen LogP contribution is -2.13. The van der Waals surface area contributed by atoms with Gasteiger partial charge >= 0.3 is 0 Å². The van der Waals surface area contributed by atoms with E-state index in [-0.39, 0.29) is 0 Å². The molecule has 0 amide bonds. The predicted octanol–water partition coefficient (Wildman–Crippen LogP) is 3.00. The Hall–Kier alpha value is -4.12. The van der Waals surface area contributed by atoms with E-state index in [1.807, 2.05) is 67.6 Å². The molecule has 5 rings (SSSR count). The van der Waals surface area contributed by atoms with E-state index in [1.54, 1.807) is 13.1 Å². The fraction of sp³-hybridized carbons (Fsp3) is 0.273. The smallest absolute Gasteiger partial charge is 0.268 e. The van der Waals surface area contributed by atoms with Gasteiger partial charge in [0.15, 0.2) is 5.69 Å². The average Bonchev–Trinajstić information content (AvgIpc) is 3.46. The van der Waals surface area contributed by atoms with Crippen LogP contribution in [-0.2, 0) is 13.6 Å². The maximum absolute atomic E-state index is 5.59. The molecule has 5 aromatic rings. The molecule has 168 valence electrons. The number of imidazole rings is 1. The summed E-state index contributed by atoms with van der Waals surface area (Å²) in [5, 5.41) is 15.9. The SMILES string of the molecule is Cc1nnc(-c2nc(C)n3ccc(Nc4nccc(-c5cc(CN(C)C)n(C)n5)n4)cc23)o1. The van der Waals surface area contributed by atoms with E-state index in [0.717, 1.165) is 40.7 Å². The molecule has 0 aliphatic heterocycles. The topological polar surface area (TPSA) is 115 Å². The minimum atomic E-state index is 0.386. The largest absolute Gasteiger partial charge is 0.420 e. The van der Waals surface area contributed by atoms with Gasteiger partial charge in [-0.1, -0.05) is 0 Å². The monoisotopic (exact) mass is 444 g/mol. The van der Waals surface area contributed by atoms with Crippen molar-refractivity contribution in [2.75, 3.05) is 19.4 Å². The third kappa shape index (κ3) is 4.05. The highest BCUT2D eigenvalue weighted by atomic mass is 16.4. The summed E-state index contributed by atoms with van der Waals surface area (Å²) in [6, 6.07) is 7.80. The number of aryl methyl sites for hydroxylation is 3. The quantitative estimate of drug-likeness (QED) is 0.422. The Bertz CT molecular complexity index is 1440. The molecular formula is C22H24N10O. The fourth-order valence-electron chi connectivity index (χ4n) is 3.66. The summed E-state index contributed by atoms with van der Waals surface area (Å²) in [5.74, 6) is 2.18. The Morgan fingerprint density at radius 2 is 1.91 bits per heavy atom. The summed E-state index contributed by atoms with van der Waals surface area (Å²) in [7, 11) is 6.00. The van der Waals surface area contributed by atoms with E-state index in [9.17, 15) is 0 Å². The van der Waals surface area contributed by atoms with Gasteiger partial charge in [-0.05, 0) is 45.3 Å². The zero-order chi connectivity index (χ0) is 23.1. The summed E-state index contributed by atoms with van der Waals surface area (Å²) in [6.07, 6.45) is 3.65. The lowest BCUT2D eigenvalue weighted by Gasteiger charge is -2.08. The average molecular weight is 445 g/mol. The van der Waals surface area contributed by atoms with Crippen LogP contribution in [0.5, 0.6) is 0 Å². The molecule has 33 heavy (non-hydrogen) atoms. The number of nitrogens with zero attached hydrogens (tertiary/aromatic N) is 9. The first-order valence-electron chi connectivity index (χ1n) is 10.4. The molecule has 0 fully saturated rings. The van der Waals surface area contributed by atoms with Gasteiger partial charge in [0.25, 0.3) is 5.89 Å². The summed E-state index contributed by atoms with van der Waals surface area (Å²) in [6.45, 7) is 4.48. The van der Waals surface area contributed by atoms with Gasteiger partial charge in [0.05, 0.1) is 16.9 Å². The number of pyridine rings is 1. The van der Waals surface area contributed by atoms with E-state index in [2.05, 4.69) is 40.5 Å². The number of aromatic nitrogens is 8. The van der Waals surface area contributed by atoms with Crippen LogP contribution in [0, 0.1) is 13.8 Å². The van der Waals surface area contributed by atoms with Crippen molar-refractivity contribution in [2.24, 2.45) is 7.05 Å². The summed E-state index contributed by atoms with van der Waals surface area (Å²) in [4.78, 5) is 15.7. The standard InChI is InChI=1S/C22H24N10O/c1-13-24-20(21-28-27-14(2)33-21)19-10-15(7-9-32(13)19)25-22-23-8-6-17(26-22)18-11-16(12-30(3)4)31(5)29-18/h6-11H,12H2,1-5H3,(H,23,25,26). The second kappa shape index (κ2) is 8.10. The van der Waals surface area contributed by atoms with Crippen molar-refractivity contribution in [3.63, 3.8) is 0 Å². The molecule has 0 spiro atoms. The van der Waals surface area contributed by atoms with Gasteiger partial charge in [0.2, 0.25) is 11.8 Å². The first kappa shape index (κ1) is 20.8. The minimum absolute atomic E-state index is 0.386. The number of nitrogens with one attached hydrogen (secondary N) is 1. The molecule has 0 saturated heterocycles. The van der Waals surface area contributed by atoms with Gasteiger partial charge in [-0.25, -0.2) is 15.0 Å². The first-order valence-corrected chi connectivity index (χ1v) is 10.4. The van der Waals surface area contributed by atoms with Gasteiger partial charge < -0.3 is 19.0 Å². The van der Waals surface area contributed by atoms with Crippen LogP contribution in [0.1, 0.15) is 17.4 Å². The highest BCUT2D eigenvalue weighted by Gasteiger charge is 2.17. The van der Waals surface area contributed by atoms with Crippen LogP contribution in [0.15, 0.2) is 41.1 Å². The van der Waals surface area contributed by atoms with Gasteiger partial charge in [-0.2, -0.15) is 5.10 Å². The third-order valence-corrected chi connectivity index (χ3v) is 5.18. The van der Waals surface area contributed by atoms with Gasteiger partial charge in [0.1, 0.15) is 11.5 Å². The van der Waals surface area contributed by atoms with Gasteiger partial charge in [-0.15, -0.1) is 10.2 Å². The Balaban J connectivity index is 1.46. The van der Waals surface area contributed by atoms with Crippen molar-refractivity contribution in [3.8, 4) is 23.0 Å². The molecule has 0 atom stereocenters. The van der Waals surface area contributed by atoms with Crippen molar-refractivity contribution in [2.45, 2.75) is 20.4 Å². The van der Waals surface area contributed by atoms with E-state index >= 15 is 0 Å². The molecule has 11 heteroatoms. The van der Waals surface area contributed by atoms with Crippen molar-refractivity contribution in [1.82, 2.24) is 44.2 Å². The van der Waals surface area contributed by atoms with Crippen LogP contribution in [0.2, 0.25) is 0 Å². The minimum Gasteiger partial charge on any atom is -0.420 e. The second-order valence-corrected chi connectivity index (χ2v) is 8.08. The Morgan fingerprint density at radius 1 is 1.06 bits per heavy atom. The van der Waals surface area contributed by atoms with Crippen LogP contribution in [0.25, 0.3) is 28.5 Å². The third-order valence-electron chi connectivity index (χ3n) is 5.18. The normalized spacial score (nSPS) is 11.6. The van der Waals surface area contributed by atoms with Crippen molar-refractivity contribution >= 4 is 17.2 Å². The van der Waals surface area contributed by atoms with E-state index in [1.165, 1.54) is 0 Å². The first-order chi connectivity index (χ1) is 15.9. The van der Waals surface area contributed by atoms with Crippen molar-refractivity contribution < 1.29 is 4.42 Å². The van der Waals surface area contributed by atoms with Crippen LogP contribution in [0.4, 0.5) is 11.6 Å². The Labute approximate surface area is 190 Å². The summed E-state index contributed by atoms with van der Waals surface area (Å²) >= 11 is 0. The zero-order valence-electron chi connectivity index (χ0n) is 19.1. The molecule has 5 aromatic heterocycles. The maximum atomic E-state index is 5.59. The molecule has 11 nitrogen and oxygen atoms in total. The molecule has 0 aliphatic rings. The molecule has 0 radical (unpaired) electrons. The highest BCUT2D eigenvalue weighted by Crippen LogP contribution is 2.27. The van der Waals surface area contributed by atoms with Gasteiger partial charge in [-0.3, -0.25) is 4.68 Å². The van der Waals surface area contributed by atoms with E-state index in [0.29, 0.717) is 23.4 Å². The fourth-order valence-corrected chi connectivity index (χ4v) is 3.66. The number of hydrogen-bond acceptors (Lipinski definition) is 9. The molecular weight excluding hydrogens is 420 g/mol. The van der Waals surface area contributed by atoms with Crippen LogP contribution in [-0.4, -0.2) is 58.3 Å². The van der Waals surface area contributed by atoms with E-state index in [4.69, 9.17) is 4.42 Å². The second-order valence-electron chi connectivity index (χ2n) is 8.08. The van der Waals surface area contributed by atoms with Crippen LogP contribution >= 0.6 is 0 Å². The van der Waals surface area contributed by atoms with Crippen LogP contribution in [0.3, 0.4) is 0 Å². The van der Waals surface area contributed by atoms with Gasteiger partial charge in [0, 0.05) is 38.6 Å². The van der Waals surface area contributed by atoms with Crippen molar-refractivity contribution in [3.05, 3.63) is 54.1 Å². The summed E-state index contributed by atoms with van der Waals surface area (Å²) < 4.78 is 9.44. The van der Waals surface area contributed by atoms with Crippen LogP contribution < -0.4 is 5.32 Å². The molecule has 1 N–H and O–H groups in total. The molecule has 0 bridgehead atoms. The number of fused-ring (bicyclic) bond motifs is 1. The number of rotatable bonds is 6. The highest BCUT2D eigenvalue weighted by molar-refractivity contribution is 5.76. The zero-order valence-corrected chi connectivity index (χ0v) is 19.1.